The van der Waals surface area contributed by atoms with Crippen LogP contribution < -0.4 is 16.4 Å². The molecule has 0 spiro atoms. The van der Waals surface area contributed by atoms with Gasteiger partial charge in [0.1, 0.15) is 5.54 Å². The Morgan fingerprint density at radius 3 is 2.43 bits per heavy atom. The largest absolute Gasteiger partial charge is 0.378 e. The smallest absolute Gasteiger partial charge is 0.241 e. The second-order valence-corrected chi connectivity index (χ2v) is 7.43. The molecule has 2 atom stereocenters. The number of ether oxygens (including phenoxy) is 1. The van der Waals surface area contributed by atoms with Crippen molar-refractivity contribution < 1.29 is 14.3 Å². The number of hydrogen-bond acceptors (Lipinski definition) is 4. The minimum atomic E-state index is -0.974. The van der Waals surface area contributed by atoms with Gasteiger partial charge in [0, 0.05) is 24.5 Å². The van der Waals surface area contributed by atoms with Crippen LogP contribution in [0.2, 0.25) is 0 Å². The van der Waals surface area contributed by atoms with E-state index in [2.05, 4.69) is 10.6 Å². The van der Waals surface area contributed by atoms with Crippen LogP contribution in [0.15, 0.2) is 0 Å². The molecule has 6 heteroatoms. The van der Waals surface area contributed by atoms with E-state index >= 15 is 0 Å². The molecule has 2 rings (SSSR count). The van der Waals surface area contributed by atoms with E-state index < -0.39 is 11.0 Å². The summed E-state index contributed by atoms with van der Waals surface area (Å²) in [6.07, 6.45) is 6.11. The van der Waals surface area contributed by atoms with Gasteiger partial charge in [-0.05, 0) is 19.8 Å². The molecule has 0 heterocycles. The molecule has 0 aromatic rings. The van der Waals surface area contributed by atoms with E-state index in [0.29, 0.717) is 13.0 Å². The molecule has 0 bridgehead atoms. The molecular weight excluding hydrogens is 294 g/mol. The molecule has 0 aliphatic heterocycles. The Hall–Kier alpha value is -1.14. The molecule has 4 N–H and O–H groups in total. The van der Waals surface area contributed by atoms with Crippen molar-refractivity contribution in [2.45, 2.75) is 77.0 Å². The van der Waals surface area contributed by atoms with Crippen molar-refractivity contribution in [2.75, 3.05) is 13.2 Å². The lowest BCUT2D eigenvalue weighted by Crippen LogP contribution is -2.76. The van der Waals surface area contributed by atoms with Crippen LogP contribution >= 0.6 is 0 Å². The summed E-state index contributed by atoms with van der Waals surface area (Å²) in [5.41, 5.74) is 4.88. The summed E-state index contributed by atoms with van der Waals surface area (Å²) in [7, 11) is 0. The lowest BCUT2D eigenvalue weighted by atomic mass is 9.54. The molecule has 0 saturated heterocycles. The third-order valence-electron chi connectivity index (χ3n) is 5.61. The van der Waals surface area contributed by atoms with Crippen molar-refractivity contribution in [1.29, 1.82) is 0 Å². The normalized spacial score (nSPS) is 30.3. The summed E-state index contributed by atoms with van der Waals surface area (Å²) in [4.78, 5) is 24.4. The van der Waals surface area contributed by atoms with Gasteiger partial charge in [0.05, 0.1) is 12.6 Å². The summed E-state index contributed by atoms with van der Waals surface area (Å²) in [5, 5.41) is 5.69. The Bertz CT molecular complexity index is 446. The van der Waals surface area contributed by atoms with E-state index in [1.807, 2.05) is 20.8 Å². The molecule has 2 fully saturated rings. The van der Waals surface area contributed by atoms with Crippen molar-refractivity contribution in [2.24, 2.45) is 11.1 Å². The first kappa shape index (κ1) is 18.2. The fourth-order valence-corrected chi connectivity index (χ4v) is 3.66. The fourth-order valence-electron chi connectivity index (χ4n) is 3.66. The number of nitrogens with two attached hydrogens (primary N) is 1. The van der Waals surface area contributed by atoms with Gasteiger partial charge >= 0.3 is 0 Å². The molecule has 2 saturated carbocycles. The van der Waals surface area contributed by atoms with E-state index in [9.17, 15) is 9.59 Å². The van der Waals surface area contributed by atoms with Crippen LogP contribution in [0, 0.1) is 5.41 Å². The van der Waals surface area contributed by atoms with Gasteiger partial charge < -0.3 is 21.1 Å². The number of carbonyl (C=O) groups is 2. The highest BCUT2D eigenvalue weighted by atomic mass is 16.5. The second-order valence-electron chi connectivity index (χ2n) is 7.43. The summed E-state index contributed by atoms with van der Waals surface area (Å²) in [5.74, 6) is -0.399. The van der Waals surface area contributed by atoms with Gasteiger partial charge in [-0.3, -0.25) is 9.59 Å². The minimum absolute atomic E-state index is 0.0103. The predicted molar refractivity (Wildman–Crippen MR) is 88.8 cm³/mol. The van der Waals surface area contributed by atoms with Crippen molar-refractivity contribution in [3.8, 4) is 0 Å². The zero-order valence-corrected chi connectivity index (χ0v) is 14.6. The van der Waals surface area contributed by atoms with Gasteiger partial charge in [-0.15, -0.1) is 0 Å². The third-order valence-corrected chi connectivity index (χ3v) is 5.61. The molecule has 6 nitrogen and oxygen atoms in total. The Balaban J connectivity index is 1.79. The second kappa shape index (κ2) is 7.18. The Morgan fingerprint density at radius 2 is 1.87 bits per heavy atom. The molecule has 132 valence electrons. The summed E-state index contributed by atoms with van der Waals surface area (Å²) >= 11 is 0. The number of amides is 2. The van der Waals surface area contributed by atoms with Crippen LogP contribution in [-0.2, 0) is 14.3 Å². The summed E-state index contributed by atoms with van der Waals surface area (Å²) in [6, 6.07) is 0.252. The standard InChI is InChI=1S/C17H31N3O3/c1-4-23-13-10-17(18,16(13,2)3)15(22)19-11-14(21)20-12-8-6-5-7-9-12/h12-13H,4-11,18H2,1-3H3,(H,19,22)(H,20,21). The number of hydrogen-bond donors (Lipinski definition) is 3. The van der Waals surface area contributed by atoms with Crippen molar-refractivity contribution in [1.82, 2.24) is 10.6 Å². The van der Waals surface area contributed by atoms with Crippen molar-refractivity contribution in [3.05, 3.63) is 0 Å². The fraction of sp³-hybridized carbons (Fsp3) is 0.882. The number of carbonyl (C=O) groups excluding carboxylic acids is 2. The minimum Gasteiger partial charge on any atom is -0.378 e. The van der Waals surface area contributed by atoms with Crippen LogP contribution in [-0.4, -0.2) is 42.7 Å². The van der Waals surface area contributed by atoms with Crippen LogP contribution in [0.3, 0.4) is 0 Å². The molecule has 2 aliphatic rings. The first-order valence-corrected chi connectivity index (χ1v) is 8.79. The summed E-state index contributed by atoms with van der Waals surface area (Å²) in [6.45, 7) is 6.42. The van der Waals surface area contributed by atoms with Crippen molar-refractivity contribution >= 4 is 11.8 Å². The van der Waals surface area contributed by atoms with Crippen LogP contribution in [0.1, 0.15) is 59.3 Å². The highest BCUT2D eigenvalue weighted by molar-refractivity contribution is 5.92. The van der Waals surface area contributed by atoms with Gasteiger partial charge in [-0.1, -0.05) is 33.1 Å². The summed E-state index contributed by atoms with van der Waals surface area (Å²) < 4.78 is 5.63. The molecule has 2 amide bonds. The molecule has 2 aliphatic carbocycles. The average molecular weight is 325 g/mol. The van der Waals surface area contributed by atoms with Crippen LogP contribution in [0.5, 0.6) is 0 Å². The van der Waals surface area contributed by atoms with Crippen molar-refractivity contribution in [3.63, 3.8) is 0 Å². The van der Waals surface area contributed by atoms with Gasteiger partial charge in [-0.2, -0.15) is 0 Å². The van der Waals surface area contributed by atoms with Gasteiger partial charge in [0.2, 0.25) is 11.8 Å². The van der Waals surface area contributed by atoms with Crippen LogP contribution in [0.25, 0.3) is 0 Å². The van der Waals surface area contributed by atoms with E-state index in [-0.39, 0.29) is 30.5 Å². The van der Waals surface area contributed by atoms with E-state index in [0.717, 1.165) is 25.7 Å². The number of rotatable bonds is 6. The topological polar surface area (TPSA) is 93.4 Å². The highest BCUT2D eigenvalue weighted by Crippen LogP contribution is 2.49. The molecule has 0 aromatic carbocycles. The molecule has 23 heavy (non-hydrogen) atoms. The maximum absolute atomic E-state index is 12.4. The maximum Gasteiger partial charge on any atom is 0.241 e. The highest BCUT2D eigenvalue weighted by Gasteiger charge is 2.62. The maximum atomic E-state index is 12.4. The van der Waals surface area contributed by atoms with Gasteiger partial charge in [0.25, 0.3) is 0 Å². The molecule has 2 unspecified atom stereocenters. The van der Waals surface area contributed by atoms with Gasteiger partial charge in [0.15, 0.2) is 0 Å². The molecule has 0 radical (unpaired) electrons. The monoisotopic (exact) mass is 325 g/mol. The predicted octanol–water partition coefficient (Wildman–Crippen LogP) is 1.08. The van der Waals surface area contributed by atoms with Gasteiger partial charge in [-0.25, -0.2) is 0 Å². The Morgan fingerprint density at radius 1 is 1.22 bits per heavy atom. The van der Waals surface area contributed by atoms with E-state index in [4.69, 9.17) is 10.5 Å². The molecule has 0 aromatic heterocycles. The lowest BCUT2D eigenvalue weighted by Gasteiger charge is -2.57. The van der Waals surface area contributed by atoms with Crippen LogP contribution in [0.4, 0.5) is 0 Å². The number of nitrogens with one attached hydrogen (secondary N) is 2. The first-order chi connectivity index (χ1) is 10.8. The molecular formula is C17H31N3O3. The first-order valence-electron chi connectivity index (χ1n) is 8.79. The zero-order chi connectivity index (χ0) is 17.1. The lowest BCUT2D eigenvalue weighted by molar-refractivity contribution is -0.170. The average Bonchev–Trinajstić information content (AvgIpc) is 2.53. The zero-order valence-electron chi connectivity index (χ0n) is 14.6. The Labute approximate surface area is 138 Å². The Kier molecular flexibility index (Phi) is 5.68. The quantitative estimate of drug-likeness (QED) is 0.681. The SMILES string of the molecule is CCOC1CC(N)(C(=O)NCC(=O)NC2CCCCC2)C1(C)C. The van der Waals surface area contributed by atoms with E-state index in [1.54, 1.807) is 0 Å². The third kappa shape index (κ3) is 3.69. The van der Waals surface area contributed by atoms with E-state index in [1.165, 1.54) is 6.42 Å².